The van der Waals surface area contributed by atoms with E-state index in [2.05, 4.69) is 5.32 Å². The molecule has 1 aromatic carbocycles. The van der Waals surface area contributed by atoms with Crippen LogP contribution in [0.5, 0.6) is 0 Å². The predicted octanol–water partition coefficient (Wildman–Crippen LogP) is 3.79. The molecule has 0 unspecified atom stereocenters. The first-order chi connectivity index (χ1) is 27.9. The highest BCUT2D eigenvalue weighted by Gasteiger charge is 2.68. The Morgan fingerprint density at radius 3 is 2.00 bits per heavy atom. The van der Waals surface area contributed by atoms with Crippen molar-refractivity contribution >= 4 is 41.3 Å². The van der Waals surface area contributed by atoms with Gasteiger partial charge in [0.1, 0.15) is 0 Å². The summed E-state index contributed by atoms with van der Waals surface area (Å²) in [5.41, 5.74) is -5.16. The first-order valence-corrected chi connectivity index (χ1v) is 20.9. The van der Waals surface area contributed by atoms with Crippen LogP contribution in [-0.4, -0.2) is 144 Å². The lowest BCUT2D eigenvalue weighted by atomic mass is 9.68. The summed E-state index contributed by atoms with van der Waals surface area (Å²) in [4.78, 5) is 103. The van der Waals surface area contributed by atoms with Crippen LogP contribution in [0.3, 0.4) is 0 Å². The average Bonchev–Trinajstić information content (AvgIpc) is 3.87. The maximum atomic E-state index is 15.7. The van der Waals surface area contributed by atoms with Gasteiger partial charge in [-0.3, -0.25) is 43.5 Å². The Bertz CT molecular complexity index is 1660. The molecule has 2 N–H and O–H groups in total. The number of amides is 5. The minimum atomic E-state index is -2.71. The second kappa shape index (κ2) is 21.8. The number of ether oxygens (including phenoxy) is 2. The number of Topliss-reactive ketones (excluding diaryl/α,β-unsaturated/α-hetero) is 1. The average molecular weight is 826 g/mol. The molecule has 0 aliphatic carbocycles. The summed E-state index contributed by atoms with van der Waals surface area (Å²) < 4.78 is 12.1. The van der Waals surface area contributed by atoms with Crippen LogP contribution in [0.25, 0.3) is 0 Å². The number of carboxylic acid groups (broad SMARTS) is 1. The van der Waals surface area contributed by atoms with Crippen LogP contribution >= 0.6 is 0 Å². The molecule has 15 nitrogen and oxygen atoms in total. The second-order valence-corrected chi connectivity index (χ2v) is 16.3. The lowest BCUT2D eigenvalue weighted by Gasteiger charge is -2.51. The molecule has 328 valence electrons. The van der Waals surface area contributed by atoms with Crippen LogP contribution in [-0.2, 0) is 48.6 Å². The number of ketones is 1. The van der Waals surface area contributed by atoms with Crippen LogP contribution < -0.4 is 5.32 Å². The van der Waals surface area contributed by atoms with Gasteiger partial charge in [-0.15, -0.1) is 0 Å². The highest BCUT2D eigenvalue weighted by atomic mass is 16.5. The molecule has 3 rings (SSSR count). The number of likely N-dealkylation sites (N-methyl/N-ethyl adjacent to an activating group) is 2. The summed E-state index contributed by atoms with van der Waals surface area (Å²) >= 11 is 0. The summed E-state index contributed by atoms with van der Waals surface area (Å²) in [6.07, 6.45) is 5.07. The number of aliphatic carboxylic acids is 1. The van der Waals surface area contributed by atoms with Crippen molar-refractivity contribution in [3.05, 3.63) is 48.0 Å². The van der Waals surface area contributed by atoms with Crippen molar-refractivity contribution in [2.45, 2.75) is 128 Å². The maximum absolute atomic E-state index is 15.7. The summed E-state index contributed by atoms with van der Waals surface area (Å²) in [7, 11) is 5.87. The van der Waals surface area contributed by atoms with Gasteiger partial charge < -0.3 is 24.8 Å². The Balaban J connectivity index is 2.17. The number of methoxy groups -OCH3 is 2. The van der Waals surface area contributed by atoms with Crippen molar-refractivity contribution in [2.75, 3.05) is 47.9 Å². The standard InChI is InChI=1S/C44H67N5O10/c1-11-30(4)38(45-7)33(58-9)28-37(53)49(41(55)31(5)47-25-18-19-26-47)43(6,42(56)57)44(59-10,32-20-14-12-15-21-32)40(54)39(29(2)3)46(8)34(50)22-16-13-17-27-48-35(51)23-24-36(48)52/h12,14-15,20-21,23-24,29-31,33,38-39,45H,11,13,16-19,22,25-28H2,1-10H3,(H,56,57)/t30-,31-,33+,38-,39-,43-,44-/m0/s1. The molecule has 0 bridgehead atoms. The molecule has 7 atom stereocenters. The van der Waals surface area contributed by atoms with Gasteiger partial charge in [0.25, 0.3) is 11.8 Å². The van der Waals surface area contributed by atoms with Crippen molar-refractivity contribution in [3.8, 4) is 0 Å². The Kier molecular flexibility index (Phi) is 18.1. The van der Waals surface area contributed by atoms with Gasteiger partial charge in [0.05, 0.1) is 24.6 Å². The number of carbonyl (C=O) groups is 7. The van der Waals surface area contributed by atoms with Crippen molar-refractivity contribution in [1.82, 2.24) is 24.9 Å². The fourth-order valence-corrected chi connectivity index (χ4v) is 8.77. The Morgan fingerprint density at radius 2 is 1.51 bits per heavy atom. The number of carboxylic acids is 1. The number of carbonyl (C=O) groups excluding carboxylic acids is 6. The number of likely N-dealkylation sites (tertiary alicyclic amines) is 1. The fourth-order valence-electron chi connectivity index (χ4n) is 8.77. The zero-order valence-electron chi connectivity index (χ0n) is 36.7. The van der Waals surface area contributed by atoms with E-state index in [1.54, 1.807) is 46.0 Å². The smallest absolute Gasteiger partial charge is 0.333 e. The number of nitrogens with zero attached hydrogens (tertiary/aromatic N) is 4. The van der Waals surface area contributed by atoms with Crippen molar-refractivity contribution < 1.29 is 48.1 Å². The van der Waals surface area contributed by atoms with E-state index >= 15 is 14.4 Å². The van der Waals surface area contributed by atoms with E-state index in [1.165, 1.54) is 57.4 Å². The molecule has 1 fully saturated rings. The Labute approximate surface area is 349 Å². The third kappa shape index (κ3) is 10.4. The zero-order chi connectivity index (χ0) is 44.2. The monoisotopic (exact) mass is 825 g/mol. The van der Waals surface area contributed by atoms with Gasteiger partial charge in [-0.25, -0.2) is 4.79 Å². The SMILES string of the molecule is CC[C@H](C)[C@H](NC)[C@@H](CC(=O)N(C(=O)[C@H](C)N1CCCC1)[C@@](C)(C(=O)O)[C@@](OC)(C(=O)[C@H](C(C)C)N(C)C(=O)CCCCCN1C(=O)C=CC1=O)c1ccccc1)OC. The molecule has 0 aromatic heterocycles. The van der Waals surface area contributed by atoms with Gasteiger partial charge in [-0.1, -0.05) is 70.9 Å². The van der Waals surface area contributed by atoms with Crippen LogP contribution in [0.1, 0.15) is 98.5 Å². The Morgan fingerprint density at radius 1 is 0.915 bits per heavy atom. The van der Waals surface area contributed by atoms with Gasteiger partial charge in [-0.05, 0) is 77.1 Å². The van der Waals surface area contributed by atoms with Crippen LogP contribution in [0.4, 0.5) is 0 Å². The molecule has 59 heavy (non-hydrogen) atoms. The third-order valence-corrected chi connectivity index (χ3v) is 12.5. The number of rotatable bonds is 24. The number of nitrogens with one attached hydrogen (secondary N) is 1. The lowest BCUT2D eigenvalue weighted by Crippen LogP contribution is -2.75. The maximum Gasteiger partial charge on any atom is 0.333 e. The first-order valence-electron chi connectivity index (χ1n) is 20.9. The normalized spacial score (nSPS) is 19.1. The van der Waals surface area contributed by atoms with Crippen LogP contribution in [0.2, 0.25) is 0 Å². The molecule has 0 spiro atoms. The molecule has 1 aromatic rings. The second-order valence-electron chi connectivity index (χ2n) is 16.3. The minimum absolute atomic E-state index is 0.0202. The van der Waals surface area contributed by atoms with Crippen LogP contribution in [0.15, 0.2) is 42.5 Å². The van der Waals surface area contributed by atoms with E-state index in [1.807, 2.05) is 18.7 Å². The summed E-state index contributed by atoms with van der Waals surface area (Å²) in [5, 5.41) is 14.8. The van der Waals surface area contributed by atoms with Gasteiger partial charge in [0, 0.05) is 52.4 Å². The number of unbranched alkanes of at least 4 members (excludes halogenated alkanes) is 2. The molecule has 2 heterocycles. The minimum Gasteiger partial charge on any atom is -0.479 e. The van der Waals surface area contributed by atoms with E-state index in [9.17, 15) is 24.3 Å². The number of hydrogen-bond donors (Lipinski definition) is 2. The molecule has 15 heteroatoms. The molecule has 2 aliphatic rings. The van der Waals surface area contributed by atoms with E-state index in [4.69, 9.17) is 9.47 Å². The molecule has 1 saturated heterocycles. The molecule has 0 radical (unpaired) electrons. The molecule has 0 saturated carbocycles. The van der Waals surface area contributed by atoms with Crippen molar-refractivity contribution in [3.63, 3.8) is 0 Å². The van der Waals surface area contributed by atoms with Gasteiger partial charge >= 0.3 is 5.97 Å². The topological polar surface area (TPSA) is 183 Å². The van der Waals surface area contributed by atoms with E-state index in [0.717, 1.165) is 29.1 Å². The van der Waals surface area contributed by atoms with Gasteiger partial charge in [-0.2, -0.15) is 0 Å². The van der Waals surface area contributed by atoms with Crippen molar-refractivity contribution in [1.29, 1.82) is 0 Å². The van der Waals surface area contributed by atoms with E-state index < -0.39 is 64.7 Å². The van der Waals surface area contributed by atoms with Gasteiger partial charge in [0.2, 0.25) is 17.7 Å². The molecule has 5 amide bonds. The first kappa shape index (κ1) is 49.1. The lowest BCUT2D eigenvalue weighted by molar-refractivity contribution is -0.198. The summed E-state index contributed by atoms with van der Waals surface area (Å²) in [5.74, 6) is -5.84. The van der Waals surface area contributed by atoms with Crippen LogP contribution in [0, 0.1) is 11.8 Å². The fraction of sp³-hybridized carbons (Fsp3) is 0.659. The number of benzene rings is 1. The van der Waals surface area contributed by atoms with Gasteiger partial charge in [0.15, 0.2) is 16.9 Å². The van der Waals surface area contributed by atoms with E-state index in [0.29, 0.717) is 32.4 Å². The zero-order valence-corrected chi connectivity index (χ0v) is 36.7. The highest BCUT2D eigenvalue weighted by molar-refractivity contribution is 6.13. The number of hydrogen-bond acceptors (Lipinski definition) is 11. The predicted molar refractivity (Wildman–Crippen MR) is 222 cm³/mol. The summed E-state index contributed by atoms with van der Waals surface area (Å²) in [6.45, 7) is 11.6. The molecule has 2 aliphatic heterocycles. The van der Waals surface area contributed by atoms with E-state index in [-0.39, 0.29) is 48.7 Å². The quantitative estimate of drug-likeness (QED) is 0.114. The molecular formula is C44H67N5O10. The highest BCUT2D eigenvalue weighted by Crippen LogP contribution is 2.45. The third-order valence-electron chi connectivity index (χ3n) is 12.5. The number of imide groups is 2. The largest absolute Gasteiger partial charge is 0.479 e. The summed E-state index contributed by atoms with van der Waals surface area (Å²) in [6, 6.07) is 5.43. The molecular weight excluding hydrogens is 759 g/mol. The Hall–Kier alpha value is -4.31. The van der Waals surface area contributed by atoms with Crippen molar-refractivity contribution in [2.24, 2.45) is 11.8 Å².